The van der Waals surface area contributed by atoms with Crippen molar-refractivity contribution in [3.05, 3.63) is 70.9 Å². The Hall–Kier alpha value is -2.99. The maximum Gasteiger partial charge on any atom is 0.333 e. The zero-order valence-electron chi connectivity index (χ0n) is 14.5. The van der Waals surface area contributed by atoms with Gasteiger partial charge in [-0.05, 0) is 42.5 Å². The maximum atomic E-state index is 12.4. The maximum absolute atomic E-state index is 12.4. The van der Waals surface area contributed by atoms with Crippen molar-refractivity contribution in [2.45, 2.75) is 18.9 Å². The van der Waals surface area contributed by atoms with E-state index in [0.717, 1.165) is 29.3 Å². The van der Waals surface area contributed by atoms with Crippen molar-refractivity contribution in [2.75, 3.05) is 0 Å². The van der Waals surface area contributed by atoms with Crippen LogP contribution in [0.25, 0.3) is 10.9 Å². The Morgan fingerprint density at radius 3 is 2.52 bits per heavy atom. The van der Waals surface area contributed by atoms with Crippen molar-refractivity contribution in [2.24, 2.45) is 5.92 Å². The molecule has 0 spiro atoms. The highest BCUT2D eigenvalue weighted by molar-refractivity contribution is 6.30. The molecule has 0 radical (unpaired) electrons. The number of benzene rings is 2. The number of urea groups is 1. The summed E-state index contributed by atoms with van der Waals surface area (Å²) in [7, 11) is 0. The van der Waals surface area contributed by atoms with E-state index in [1.807, 2.05) is 48.5 Å². The van der Waals surface area contributed by atoms with Crippen LogP contribution in [0.3, 0.4) is 0 Å². The van der Waals surface area contributed by atoms with Gasteiger partial charge in [0.25, 0.3) is 5.91 Å². The minimum atomic E-state index is -0.449. The second kappa shape index (κ2) is 7.32. The van der Waals surface area contributed by atoms with E-state index in [1.54, 1.807) is 6.20 Å². The van der Waals surface area contributed by atoms with Crippen LogP contribution < -0.4 is 16.2 Å². The van der Waals surface area contributed by atoms with Crippen molar-refractivity contribution in [1.29, 1.82) is 0 Å². The molecule has 2 aromatic carbocycles. The summed E-state index contributed by atoms with van der Waals surface area (Å²) in [5, 5.41) is 4.39. The predicted molar refractivity (Wildman–Crippen MR) is 104 cm³/mol. The molecule has 0 aliphatic heterocycles. The molecule has 1 aliphatic rings. The van der Waals surface area contributed by atoms with Gasteiger partial charge in [0, 0.05) is 22.1 Å². The van der Waals surface area contributed by atoms with Gasteiger partial charge in [0.15, 0.2) is 0 Å². The fourth-order valence-corrected chi connectivity index (χ4v) is 3.32. The van der Waals surface area contributed by atoms with E-state index in [9.17, 15) is 9.59 Å². The van der Waals surface area contributed by atoms with Crippen molar-refractivity contribution < 1.29 is 9.59 Å². The number of H-pyrrole nitrogens is 1. The number of hydrazine groups is 1. The van der Waals surface area contributed by atoms with Gasteiger partial charge in [-0.3, -0.25) is 10.2 Å². The first-order valence-electron chi connectivity index (χ1n) is 8.80. The summed E-state index contributed by atoms with van der Waals surface area (Å²) in [5.41, 5.74) is 7.24. The Morgan fingerprint density at radius 1 is 1.04 bits per heavy atom. The lowest BCUT2D eigenvalue weighted by molar-refractivity contribution is 0.0937. The molecule has 1 aromatic heterocycles. The number of carbonyl (C=O) groups excluding carboxylic acids is 2. The normalized spacial score (nSPS) is 14.6. The summed E-state index contributed by atoms with van der Waals surface area (Å²) >= 11 is 5.94. The number of aromatic amines is 1. The number of fused-ring (bicyclic) bond motifs is 1. The molecule has 3 amide bonds. The Balaban J connectivity index is 1.38. The third-order valence-electron chi connectivity index (χ3n) is 4.73. The Kier molecular flexibility index (Phi) is 4.73. The van der Waals surface area contributed by atoms with Crippen LogP contribution in [0.15, 0.2) is 54.7 Å². The number of para-hydroxylation sites is 1. The summed E-state index contributed by atoms with van der Waals surface area (Å²) in [4.78, 5) is 27.7. The smallest absolute Gasteiger partial charge is 0.333 e. The molecule has 1 aliphatic carbocycles. The Bertz CT molecular complexity index is 979. The van der Waals surface area contributed by atoms with Crippen molar-refractivity contribution in [3.8, 4) is 0 Å². The van der Waals surface area contributed by atoms with Crippen LogP contribution in [0.2, 0.25) is 5.02 Å². The number of nitrogens with one attached hydrogen (secondary N) is 4. The highest BCUT2D eigenvalue weighted by Crippen LogP contribution is 2.41. The summed E-state index contributed by atoms with van der Waals surface area (Å²) in [5.74, 6) is 0.0262. The molecule has 4 N–H and O–H groups in total. The largest absolute Gasteiger partial charge is 0.360 e. The first kappa shape index (κ1) is 17.4. The Morgan fingerprint density at radius 2 is 1.78 bits per heavy atom. The van der Waals surface area contributed by atoms with Crippen molar-refractivity contribution >= 4 is 34.4 Å². The summed E-state index contributed by atoms with van der Waals surface area (Å²) in [6.45, 7) is 0. The van der Waals surface area contributed by atoms with Crippen molar-refractivity contribution in [1.82, 2.24) is 21.2 Å². The molecule has 1 atom stereocenters. The van der Waals surface area contributed by atoms with Crippen molar-refractivity contribution in [3.63, 3.8) is 0 Å². The molecule has 1 heterocycles. The lowest BCUT2D eigenvalue weighted by Gasteiger charge is -2.19. The van der Waals surface area contributed by atoms with Gasteiger partial charge in [0.2, 0.25) is 0 Å². The number of carbonyl (C=O) groups is 2. The van der Waals surface area contributed by atoms with E-state index in [2.05, 4.69) is 21.2 Å². The molecule has 0 bridgehead atoms. The summed E-state index contributed by atoms with van der Waals surface area (Å²) < 4.78 is 0. The standard InChI is InChI=1S/C20H19ClN4O2/c21-14-9-7-13(8-10-14)18(12-5-6-12)23-20(27)25-24-19(26)16-11-22-17-4-2-1-3-15(16)17/h1-4,7-12,18,22H,5-6H2,(H,24,26)(H2,23,25,27). The molecule has 0 saturated heterocycles. The predicted octanol–water partition coefficient (Wildman–Crippen LogP) is 3.92. The quantitative estimate of drug-likeness (QED) is 0.515. The third-order valence-corrected chi connectivity index (χ3v) is 4.98. The first-order chi connectivity index (χ1) is 13.1. The fraction of sp³-hybridized carbons (Fsp3) is 0.200. The molecule has 6 nitrogen and oxygen atoms in total. The zero-order valence-corrected chi connectivity index (χ0v) is 15.2. The summed E-state index contributed by atoms with van der Waals surface area (Å²) in [6.07, 6.45) is 3.75. The molecule has 1 saturated carbocycles. The second-order valence-electron chi connectivity index (χ2n) is 6.67. The monoisotopic (exact) mass is 382 g/mol. The topological polar surface area (TPSA) is 86.0 Å². The Labute approximate surface area is 161 Å². The van der Waals surface area contributed by atoms with Gasteiger partial charge in [-0.15, -0.1) is 0 Å². The SMILES string of the molecule is O=C(NNC(=O)c1c[nH]c2ccccc12)NC(c1ccc(Cl)cc1)C1CC1. The summed E-state index contributed by atoms with van der Waals surface area (Å²) in [6, 6.07) is 14.4. The van der Waals surface area contributed by atoms with Crippen LogP contribution in [-0.4, -0.2) is 16.9 Å². The van der Waals surface area contributed by atoms with E-state index in [0.29, 0.717) is 16.5 Å². The molecular weight excluding hydrogens is 364 g/mol. The number of rotatable bonds is 4. The number of hydrogen-bond donors (Lipinski definition) is 4. The van der Waals surface area contributed by atoms with E-state index < -0.39 is 6.03 Å². The molecule has 27 heavy (non-hydrogen) atoms. The van der Waals surface area contributed by atoms with Gasteiger partial charge in [-0.1, -0.05) is 41.9 Å². The lowest BCUT2D eigenvalue weighted by Crippen LogP contribution is -2.48. The average Bonchev–Trinajstić information content (AvgIpc) is 3.43. The molecule has 1 fully saturated rings. The van der Waals surface area contributed by atoms with Crippen LogP contribution in [0.1, 0.15) is 34.8 Å². The fourth-order valence-electron chi connectivity index (χ4n) is 3.19. The van der Waals surface area contributed by atoms with E-state index in [4.69, 9.17) is 11.6 Å². The van der Waals surface area contributed by atoms with Crippen LogP contribution in [0.5, 0.6) is 0 Å². The molecule has 7 heteroatoms. The first-order valence-corrected chi connectivity index (χ1v) is 9.18. The van der Waals surface area contributed by atoms with Crippen LogP contribution >= 0.6 is 11.6 Å². The van der Waals surface area contributed by atoms with Crippen LogP contribution in [0, 0.1) is 5.92 Å². The van der Waals surface area contributed by atoms with Gasteiger partial charge in [-0.2, -0.15) is 0 Å². The number of halogens is 1. The van der Waals surface area contributed by atoms with Gasteiger partial charge in [0.1, 0.15) is 0 Å². The molecule has 4 rings (SSSR count). The molecule has 3 aromatic rings. The number of aromatic nitrogens is 1. The average molecular weight is 383 g/mol. The zero-order chi connectivity index (χ0) is 18.8. The highest BCUT2D eigenvalue weighted by atomic mass is 35.5. The number of hydrogen-bond acceptors (Lipinski definition) is 2. The lowest BCUT2D eigenvalue weighted by atomic mass is 10.0. The van der Waals surface area contributed by atoms with Crippen LogP contribution in [-0.2, 0) is 0 Å². The number of amides is 3. The third kappa shape index (κ3) is 3.90. The highest BCUT2D eigenvalue weighted by Gasteiger charge is 2.33. The van der Waals surface area contributed by atoms with E-state index >= 15 is 0 Å². The minimum absolute atomic E-state index is 0.104. The molecular formula is C20H19ClN4O2. The van der Waals surface area contributed by atoms with E-state index in [-0.39, 0.29) is 11.9 Å². The van der Waals surface area contributed by atoms with Crippen LogP contribution in [0.4, 0.5) is 4.79 Å². The van der Waals surface area contributed by atoms with Gasteiger partial charge in [-0.25, -0.2) is 10.2 Å². The molecule has 138 valence electrons. The van der Waals surface area contributed by atoms with E-state index in [1.165, 1.54) is 0 Å². The minimum Gasteiger partial charge on any atom is -0.360 e. The van der Waals surface area contributed by atoms with Gasteiger partial charge >= 0.3 is 6.03 Å². The molecule has 1 unspecified atom stereocenters. The second-order valence-corrected chi connectivity index (χ2v) is 7.10. The van der Waals surface area contributed by atoms with Gasteiger partial charge in [0.05, 0.1) is 11.6 Å². The van der Waals surface area contributed by atoms with Gasteiger partial charge < -0.3 is 10.3 Å².